The molecule has 1 aromatic rings. The van der Waals surface area contributed by atoms with Crippen LogP contribution in [-0.2, 0) is 11.3 Å². The molecule has 1 N–H and O–H groups in total. The molecule has 0 atom stereocenters. The van der Waals surface area contributed by atoms with Gasteiger partial charge < -0.3 is 9.88 Å². The summed E-state index contributed by atoms with van der Waals surface area (Å²) in [7, 11) is 0. The number of aromatic nitrogens is 4. The molecule has 0 aliphatic carbocycles. The molecule has 118 valence electrons. The van der Waals surface area contributed by atoms with Gasteiger partial charge in [0.1, 0.15) is 6.33 Å². The van der Waals surface area contributed by atoms with E-state index < -0.39 is 0 Å². The molecule has 0 aromatic heterocycles. The Hall–Kier alpha value is -2.18. The normalized spacial score (nSPS) is 10.9. The van der Waals surface area contributed by atoms with Crippen LogP contribution in [0.15, 0.2) is 30.9 Å². The second-order valence-electron chi connectivity index (χ2n) is 4.87. The van der Waals surface area contributed by atoms with Gasteiger partial charge in [-0.05, 0) is 12.1 Å². The van der Waals surface area contributed by atoms with Crippen molar-refractivity contribution in [3.63, 3.8) is 0 Å². The Morgan fingerprint density at radius 3 is 2.65 bits per heavy atom. The minimum absolute atomic E-state index is 0.131. The molecular weight excluding hydrogens is 337 g/mol. The molecule has 0 unspecified atom stereocenters. The number of anilines is 1. The number of carbonyl (C=O) groups excluding carboxylic acids is 1. The molecule has 2 heterocycles. The van der Waals surface area contributed by atoms with Crippen LogP contribution in [0.2, 0.25) is 10.0 Å². The average Bonchev–Trinajstić information content (AvgIpc) is 3.03. The number of imidazole rings is 1. The standard InChI is InChI=1S/C15H13Cl2N5O/c1-2-12(23)21-14-13-15(19-7-18-13)22(8-20-14)6-9-10(16)4-3-5-11(9)17/h3-5,7-8H,2,6H2,1H3,(H,21,23). The largest absolute Gasteiger partial charge is 0.310 e. The van der Waals surface area contributed by atoms with Crippen LogP contribution < -0.4 is 5.32 Å². The first-order chi connectivity index (χ1) is 11.1. The van der Waals surface area contributed by atoms with E-state index in [9.17, 15) is 4.79 Å². The summed E-state index contributed by atoms with van der Waals surface area (Å²) in [6.07, 6.45) is 3.38. The van der Waals surface area contributed by atoms with Crippen LogP contribution >= 0.6 is 23.2 Å². The van der Waals surface area contributed by atoms with E-state index in [0.717, 1.165) is 5.56 Å². The summed E-state index contributed by atoms with van der Waals surface area (Å²) in [5, 5.41) is 3.86. The van der Waals surface area contributed by atoms with Gasteiger partial charge in [-0.2, -0.15) is 0 Å². The zero-order valence-corrected chi connectivity index (χ0v) is 13.8. The molecule has 0 bridgehead atoms. The lowest BCUT2D eigenvalue weighted by Crippen LogP contribution is -2.15. The number of carbonyl (C=O) groups is 1. The Kier molecular flexibility index (Phi) is 4.45. The van der Waals surface area contributed by atoms with Crippen molar-refractivity contribution >= 4 is 34.9 Å². The molecule has 2 aliphatic rings. The van der Waals surface area contributed by atoms with E-state index in [-0.39, 0.29) is 5.91 Å². The van der Waals surface area contributed by atoms with Gasteiger partial charge >= 0.3 is 0 Å². The molecule has 0 radical (unpaired) electrons. The molecular formula is C15H13Cl2N5O. The highest BCUT2D eigenvalue weighted by atomic mass is 35.5. The van der Waals surface area contributed by atoms with Crippen LogP contribution in [0.1, 0.15) is 18.9 Å². The van der Waals surface area contributed by atoms with Crippen molar-refractivity contribution in [1.82, 2.24) is 19.5 Å². The van der Waals surface area contributed by atoms with Gasteiger partial charge in [0, 0.05) is 22.0 Å². The quantitative estimate of drug-likeness (QED) is 0.782. The SMILES string of the molecule is CCC(=O)Nc1ncn(Cc2c(Cl)cccc2Cl)c2ncnc1-2. The van der Waals surface area contributed by atoms with E-state index in [4.69, 9.17) is 23.2 Å². The zero-order valence-electron chi connectivity index (χ0n) is 12.3. The zero-order chi connectivity index (χ0) is 16.4. The summed E-state index contributed by atoms with van der Waals surface area (Å²) in [5.74, 6) is 0.863. The molecule has 23 heavy (non-hydrogen) atoms. The van der Waals surface area contributed by atoms with E-state index in [0.29, 0.717) is 40.3 Å². The first-order valence-corrected chi connectivity index (χ1v) is 7.74. The summed E-state index contributed by atoms with van der Waals surface area (Å²) >= 11 is 12.4. The first-order valence-electron chi connectivity index (χ1n) is 6.98. The Labute approximate surface area is 142 Å². The number of benzene rings is 1. The molecule has 0 fully saturated rings. The second kappa shape index (κ2) is 6.52. The van der Waals surface area contributed by atoms with Crippen molar-refractivity contribution in [2.24, 2.45) is 0 Å². The van der Waals surface area contributed by atoms with E-state index in [1.807, 2.05) is 0 Å². The Morgan fingerprint density at radius 1 is 1.22 bits per heavy atom. The molecule has 1 amide bonds. The second-order valence-corrected chi connectivity index (χ2v) is 5.68. The summed E-state index contributed by atoms with van der Waals surface area (Å²) in [4.78, 5) is 24.3. The lowest BCUT2D eigenvalue weighted by molar-refractivity contribution is -0.115. The van der Waals surface area contributed by atoms with Gasteiger partial charge in [0.2, 0.25) is 5.91 Å². The van der Waals surface area contributed by atoms with Gasteiger partial charge in [-0.1, -0.05) is 36.2 Å². The minimum Gasteiger partial charge on any atom is -0.310 e. The van der Waals surface area contributed by atoms with E-state index in [1.165, 1.54) is 6.33 Å². The third-order valence-corrected chi connectivity index (χ3v) is 4.08. The predicted octanol–water partition coefficient (Wildman–Crippen LogP) is 3.48. The Bertz CT molecular complexity index is 812. The van der Waals surface area contributed by atoms with Crippen molar-refractivity contribution < 1.29 is 4.79 Å². The highest BCUT2D eigenvalue weighted by molar-refractivity contribution is 6.35. The van der Waals surface area contributed by atoms with Gasteiger partial charge in [0.25, 0.3) is 0 Å². The van der Waals surface area contributed by atoms with Gasteiger partial charge in [0.15, 0.2) is 17.3 Å². The summed E-state index contributed by atoms with van der Waals surface area (Å²) in [5.41, 5.74) is 1.30. The van der Waals surface area contributed by atoms with Crippen LogP contribution in [-0.4, -0.2) is 25.4 Å². The third-order valence-electron chi connectivity index (χ3n) is 3.37. The van der Waals surface area contributed by atoms with Crippen molar-refractivity contribution in [1.29, 1.82) is 0 Å². The van der Waals surface area contributed by atoms with Crippen LogP contribution in [0.3, 0.4) is 0 Å². The van der Waals surface area contributed by atoms with Crippen molar-refractivity contribution in [3.05, 3.63) is 46.5 Å². The van der Waals surface area contributed by atoms with Crippen LogP contribution in [0.4, 0.5) is 5.82 Å². The molecule has 0 saturated heterocycles. The van der Waals surface area contributed by atoms with Gasteiger partial charge in [-0.25, -0.2) is 15.0 Å². The first kappa shape index (κ1) is 15.7. The summed E-state index contributed by atoms with van der Waals surface area (Å²) < 4.78 is 1.79. The number of rotatable bonds is 4. The van der Waals surface area contributed by atoms with E-state index >= 15 is 0 Å². The van der Waals surface area contributed by atoms with Crippen molar-refractivity contribution in [3.8, 4) is 11.5 Å². The third kappa shape index (κ3) is 3.13. The Balaban J connectivity index is 1.98. The van der Waals surface area contributed by atoms with Gasteiger partial charge in [-0.3, -0.25) is 4.79 Å². The van der Waals surface area contributed by atoms with Crippen molar-refractivity contribution in [2.75, 3.05) is 5.32 Å². The molecule has 3 rings (SSSR count). The number of hydrogen-bond acceptors (Lipinski definition) is 4. The van der Waals surface area contributed by atoms with Crippen LogP contribution in [0.25, 0.3) is 11.5 Å². The van der Waals surface area contributed by atoms with Crippen LogP contribution in [0, 0.1) is 0 Å². The number of nitrogens with zero attached hydrogens (tertiary/aromatic N) is 4. The Morgan fingerprint density at radius 2 is 1.96 bits per heavy atom. The maximum absolute atomic E-state index is 11.6. The number of fused-ring (bicyclic) bond motifs is 1. The number of hydrogen-bond donors (Lipinski definition) is 1. The highest BCUT2D eigenvalue weighted by Crippen LogP contribution is 2.29. The summed E-state index contributed by atoms with van der Waals surface area (Å²) in [6.45, 7) is 2.18. The van der Waals surface area contributed by atoms with Gasteiger partial charge in [0.05, 0.1) is 12.9 Å². The number of halogens is 2. The fourth-order valence-corrected chi connectivity index (χ4v) is 2.68. The molecule has 8 heteroatoms. The van der Waals surface area contributed by atoms with E-state index in [1.54, 1.807) is 36.0 Å². The molecule has 1 aromatic carbocycles. The van der Waals surface area contributed by atoms with Crippen LogP contribution in [0.5, 0.6) is 0 Å². The topological polar surface area (TPSA) is 72.7 Å². The maximum Gasteiger partial charge on any atom is 0.225 e. The fourth-order valence-electron chi connectivity index (χ4n) is 2.16. The number of nitrogens with one attached hydrogen (secondary N) is 1. The smallest absolute Gasteiger partial charge is 0.225 e. The molecule has 0 spiro atoms. The number of amides is 1. The molecule has 6 nitrogen and oxygen atoms in total. The lowest BCUT2D eigenvalue weighted by Gasteiger charge is -2.15. The molecule has 0 saturated carbocycles. The maximum atomic E-state index is 11.6. The lowest BCUT2D eigenvalue weighted by atomic mass is 10.2. The predicted molar refractivity (Wildman–Crippen MR) is 88.9 cm³/mol. The molecule has 2 aliphatic heterocycles. The van der Waals surface area contributed by atoms with E-state index in [2.05, 4.69) is 20.3 Å². The fraction of sp³-hybridized carbons (Fsp3) is 0.200. The minimum atomic E-state index is -0.131. The summed E-state index contributed by atoms with van der Waals surface area (Å²) in [6, 6.07) is 5.35. The van der Waals surface area contributed by atoms with Crippen molar-refractivity contribution in [2.45, 2.75) is 19.9 Å². The van der Waals surface area contributed by atoms with Gasteiger partial charge in [-0.15, -0.1) is 0 Å². The average molecular weight is 350 g/mol. The monoisotopic (exact) mass is 349 g/mol. The highest BCUT2D eigenvalue weighted by Gasteiger charge is 2.19.